The molecule has 0 aliphatic rings. The van der Waals surface area contributed by atoms with E-state index in [2.05, 4.69) is 10.2 Å². The number of rotatable bonds is 6. The summed E-state index contributed by atoms with van der Waals surface area (Å²) in [6.07, 6.45) is 0. The van der Waals surface area contributed by atoms with Gasteiger partial charge in [-0.2, -0.15) is 0 Å². The molecule has 1 heterocycles. The first-order chi connectivity index (χ1) is 13.9. The second kappa shape index (κ2) is 8.08. The third-order valence-corrected chi connectivity index (χ3v) is 3.78. The molecule has 3 rings (SSSR count). The van der Waals surface area contributed by atoms with E-state index in [0.29, 0.717) is 11.4 Å². The number of carbonyl (C=O) groups is 1. The zero-order chi connectivity index (χ0) is 21.0. The monoisotopic (exact) mass is 396 g/mol. The molecule has 2 aromatic carbocycles. The van der Waals surface area contributed by atoms with Gasteiger partial charge in [0.15, 0.2) is 0 Å². The predicted molar refractivity (Wildman–Crippen MR) is 98.7 cm³/mol. The molecule has 0 atom stereocenters. The molecule has 11 heteroatoms. The van der Waals surface area contributed by atoms with Crippen LogP contribution in [0.5, 0.6) is 11.6 Å². The molecule has 29 heavy (non-hydrogen) atoms. The standard InChI is InChI=1S/C18H12N4O7/c1-28-15-4-2-11(3-5-15)16-6-7-17(20-19-16)29-18(23)12-8-13(21(24)25)10-14(9-12)22(26)27/h2-10H,1H3. The van der Waals surface area contributed by atoms with E-state index < -0.39 is 27.2 Å². The molecular weight excluding hydrogens is 384 g/mol. The summed E-state index contributed by atoms with van der Waals surface area (Å²) in [5, 5.41) is 29.6. The number of esters is 1. The van der Waals surface area contributed by atoms with Gasteiger partial charge in [-0.1, -0.05) is 0 Å². The molecule has 0 aliphatic carbocycles. The zero-order valence-electron chi connectivity index (χ0n) is 14.8. The van der Waals surface area contributed by atoms with Crippen LogP contribution in [0.4, 0.5) is 11.4 Å². The van der Waals surface area contributed by atoms with Crippen molar-refractivity contribution < 1.29 is 24.1 Å². The molecule has 0 N–H and O–H groups in total. The summed E-state index contributed by atoms with van der Waals surface area (Å²) < 4.78 is 10.1. The Kier molecular flexibility index (Phi) is 5.39. The summed E-state index contributed by atoms with van der Waals surface area (Å²) in [7, 11) is 1.55. The van der Waals surface area contributed by atoms with Crippen molar-refractivity contribution in [2.75, 3.05) is 7.11 Å². The minimum absolute atomic E-state index is 0.165. The van der Waals surface area contributed by atoms with Crippen LogP contribution in [0.2, 0.25) is 0 Å². The van der Waals surface area contributed by atoms with Gasteiger partial charge in [-0.15, -0.1) is 10.2 Å². The lowest BCUT2D eigenvalue weighted by atomic mass is 10.1. The third-order valence-electron chi connectivity index (χ3n) is 3.78. The molecule has 0 saturated heterocycles. The minimum Gasteiger partial charge on any atom is -0.497 e. The van der Waals surface area contributed by atoms with Gasteiger partial charge in [0.05, 0.1) is 34.3 Å². The SMILES string of the molecule is COc1ccc(-c2ccc(OC(=O)c3cc([N+](=O)[O-])cc([N+](=O)[O-])c3)nn2)cc1. The van der Waals surface area contributed by atoms with Crippen LogP contribution in [0.15, 0.2) is 54.6 Å². The number of ether oxygens (including phenoxy) is 2. The molecule has 0 fully saturated rings. The predicted octanol–water partition coefficient (Wildman–Crippen LogP) is 3.19. The summed E-state index contributed by atoms with van der Waals surface area (Å²) in [5.41, 5.74) is -0.296. The molecule has 0 aliphatic heterocycles. The highest BCUT2D eigenvalue weighted by molar-refractivity contribution is 5.92. The number of nitro benzene ring substituents is 2. The molecule has 0 radical (unpaired) electrons. The Balaban J connectivity index is 1.80. The number of non-ortho nitro benzene ring substituents is 2. The molecule has 3 aromatic rings. The van der Waals surface area contributed by atoms with Crippen LogP contribution in [0.25, 0.3) is 11.3 Å². The smallest absolute Gasteiger partial charge is 0.345 e. The maximum Gasteiger partial charge on any atom is 0.345 e. The normalized spacial score (nSPS) is 10.2. The van der Waals surface area contributed by atoms with Gasteiger partial charge in [0.2, 0.25) is 5.88 Å². The molecule has 146 valence electrons. The van der Waals surface area contributed by atoms with Crippen LogP contribution >= 0.6 is 0 Å². The maximum atomic E-state index is 12.2. The average Bonchev–Trinajstić information content (AvgIpc) is 2.74. The van der Waals surface area contributed by atoms with Gasteiger partial charge < -0.3 is 9.47 Å². The summed E-state index contributed by atoms with van der Waals surface area (Å²) >= 11 is 0. The first-order valence-electron chi connectivity index (χ1n) is 8.01. The second-order valence-electron chi connectivity index (χ2n) is 5.63. The van der Waals surface area contributed by atoms with E-state index in [4.69, 9.17) is 9.47 Å². The van der Waals surface area contributed by atoms with Crippen molar-refractivity contribution in [1.82, 2.24) is 10.2 Å². The topological polar surface area (TPSA) is 148 Å². The van der Waals surface area contributed by atoms with Crippen molar-refractivity contribution in [2.45, 2.75) is 0 Å². The van der Waals surface area contributed by atoms with Gasteiger partial charge in [-0.3, -0.25) is 20.2 Å². The van der Waals surface area contributed by atoms with Crippen LogP contribution < -0.4 is 9.47 Å². The highest BCUT2D eigenvalue weighted by atomic mass is 16.6. The average molecular weight is 396 g/mol. The molecule has 0 spiro atoms. The largest absolute Gasteiger partial charge is 0.497 e. The Morgan fingerprint density at radius 1 is 0.897 bits per heavy atom. The summed E-state index contributed by atoms with van der Waals surface area (Å²) in [6.45, 7) is 0. The quantitative estimate of drug-likeness (QED) is 0.348. The Bertz CT molecular complexity index is 1050. The summed E-state index contributed by atoms with van der Waals surface area (Å²) in [4.78, 5) is 32.4. The van der Waals surface area contributed by atoms with Crippen molar-refractivity contribution in [3.05, 3.63) is 80.4 Å². The number of hydrogen-bond donors (Lipinski definition) is 0. The van der Waals surface area contributed by atoms with Crippen molar-refractivity contribution in [3.63, 3.8) is 0 Å². The highest BCUT2D eigenvalue weighted by Crippen LogP contribution is 2.24. The summed E-state index contributed by atoms with van der Waals surface area (Å²) in [5.74, 6) is -0.525. The van der Waals surface area contributed by atoms with E-state index in [0.717, 1.165) is 23.8 Å². The lowest BCUT2D eigenvalue weighted by molar-refractivity contribution is -0.394. The number of benzene rings is 2. The Morgan fingerprint density at radius 2 is 1.52 bits per heavy atom. The first kappa shape index (κ1) is 19.4. The molecule has 0 bridgehead atoms. The number of nitro groups is 2. The summed E-state index contributed by atoms with van der Waals surface area (Å²) in [6, 6.07) is 12.5. The van der Waals surface area contributed by atoms with Crippen molar-refractivity contribution in [2.24, 2.45) is 0 Å². The van der Waals surface area contributed by atoms with Crippen LogP contribution in [-0.2, 0) is 0 Å². The van der Waals surface area contributed by atoms with Crippen molar-refractivity contribution >= 4 is 17.3 Å². The number of methoxy groups -OCH3 is 1. The molecule has 0 saturated carbocycles. The Labute approximate surface area is 162 Å². The molecular formula is C18H12N4O7. The number of nitrogens with zero attached hydrogens (tertiary/aromatic N) is 4. The molecule has 11 nitrogen and oxygen atoms in total. The van der Waals surface area contributed by atoms with E-state index in [-0.39, 0.29) is 11.4 Å². The maximum absolute atomic E-state index is 12.2. The van der Waals surface area contributed by atoms with Gasteiger partial charge in [0.1, 0.15) is 5.75 Å². The molecule has 0 unspecified atom stereocenters. The molecule has 0 amide bonds. The van der Waals surface area contributed by atoms with E-state index in [1.807, 2.05) is 0 Å². The second-order valence-corrected chi connectivity index (χ2v) is 5.63. The van der Waals surface area contributed by atoms with Crippen LogP contribution in [0.3, 0.4) is 0 Å². The van der Waals surface area contributed by atoms with E-state index in [1.165, 1.54) is 6.07 Å². The number of carbonyl (C=O) groups excluding carboxylic acids is 1. The van der Waals surface area contributed by atoms with Crippen molar-refractivity contribution in [3.8, 4) is 22.9 Å². The van der Waals surface area contributed by atoms with Gasteiger partial charge in [-0.05, 0) is 30.3 Å². The van der Waals surface area contributed by atoms with E-state index >= 15 is 0 Å². The fourth-order valence-electron chi connectivity index (χ4n) is 2.37. The van der Waals surface area contributed by atoms with Gasteiger partial charge >= 0.3 is 5.97 Å². The van der Waals surface area contributed by atoms with E-state index in [9.17, 15) is 25.0 Å². The van der Waals surface area contributed by atoms with Gasteiger partial charge in [0.25, 0.3) is 11.4 Å². The highest BCUT2D eigenvalue weighted by Gasteiger charge is 2.21. The fraction of sp³-hybridized carbons (Fsp3) is 0.0556. The Morgan fingerprint density at radius 3 is 2.00 bits per heavy atom. The lowest BCUT2D eigenvalue weighted by Gasteiger charge is -2.05. The van der Waals surface area contributed by atoms with Gasteiger partial charge in [0, 0.05) is 23.8 Å². The van der Waals surface area contributed by atoms with E-state index in [1.54, 1.807) is 37.4 Å². The third kappa shape index (κ3) is 4.47. The Hall–Kier alpha value is -4.41. The first-order valence-corrected chi connectivity index (χ1v) is 8.01. The number of aromatic nitrogens is 2. The zero-order valence-corrected chi connectivity index (χ0v) is 14.8. The van der Waals surface area contributed by atoms with Gasteiger partial charge in [-0.25, -0.2) is 4.79 Å². The minimum atomic E-state index is -1.04. The van der Waals surface area contributed by atoms with Crippen LogP contribution in [0.1, 0.15) is 10.4 Å². The van der Waals surface area contributed by atoms with Crippen molar-refractivity contribution in [1.29, 1.82) is 0 Å². The van der Waals surface area contributed by atoms with Crippen LogP contribution in [0, 0.1) is 20.2 Å². The van der Waals surface area contributed by atoms with Crippen LogP contribution in [-0.4, -0.2) is 33.1 Å². The number of hydrogen-bond acceptors (Lipinski definition) is 9. The molecule has 1 aromatic heterocycles. The lowest BCUT2D eigenvalue weighted by Crippen LogP contribution is -2.11. The fourth-order valence-corrected chi connectivity index (χ4v) is 2.37.